The summed E-state index contributed by atoms with van der Waals surface area (Å²) >= 11 is 6.09. The Morgan fingerprint density at radius 2 is 2.06 bits per heavy atom. The van der Waals surface area contributed by atoms with Crippen molar-refractivity contribution in [2.45, 2.75) is 19.4 Å². The summed E-state index contributed by atoms with van der Waals surface area (Å²) in [7, 11) is 1.77. The molecule has 2 fully saturated rings. The van der Waals surface area contributed by atoms with E-state index in [0.29, 0.717) is 45.3 Å². The molecule has 1 aliphatic carbocycles. The molecule has 4 aromatic heterocycles. The molecule has 10 nitrogen and oxygen atoms in total. The number of piperidine rings is 1. The van der Waals surface area contributed by atoms with Gasteiger partial charge in [0.2, 0.25) is 5.89 Å². The second-order valence-corrected chi connectivity index (χ2v) is 8.66. The summed E-state index contributed by atoms with van der Waals surface area (Å²) in [6, 6.07) is 3.67. The Hall–Kier alpha value is -3.27. The molecule has 5 heterocycles. The van der Waals surface area contributed by atoms with Gasteiger partial charge in [-0.3, -0.25) is 9.36 Å². The van der Waals surface area contributed by atoms with E-state index in [2.05, 4.69) is 30.1 Å². The van der Waals surface area contributed by atoms with Crippen LogP contribution in [0.1, 0.15) is 23.3 Å². The lowest BCUT2D eigenvalue weighted by Gasteiger charge is -2.20. The Morgan fingerprint density at radius 1 is 1.26 bits per heavy atom. The van der Waals surface area contributed by atoms with Crippen LogP contribution in [0.5, 0.6) is 0 Å². The number of nitrogens with zero attached hydrogens (tertiary/aromatic N) is 8. The highest BCUT2D eigenvalue weighted by molar-refractivity contribution is 6.30. The zero-order valence-corrected chi connectivity index (χ0v) is 17.7. The number of fused-ring (bicyclic) bond motifs is 2. The van der Waals surface area contributed by atoms with E-state index in [4.69, 9.17) is 16.1 Å². The van der Waals surface area contributed by atoms with Gasteiger partial charge < -0.3 is 9.42 Å². The molecule has 6 rings (SSSR count). The molecule has 0 N–H and O–H groups in total. The number of anilines is 1. The Labute approximate surface area is 181 Å². The molecule has 4 aromatic rings. The van der Waals surface area contributed by atoms with E-state index >= 15 is 0 Å². The van der Waals surface area contributed by atoms with E-state index in [0.717, 1.165) is 18.9 Å². The summed E-state index contributed by atoms with van der Waals surface area (Å²) in [4.78, 5) is 28.4. The van der Waals surface area contributed by atoms with Gasteiger partial charge in [-0.1, -0.05) is 16.8 Å². The number of rotatable bonds is 4. The van der Waals surface area contributed by atoms with Crippen LogP contribution in [0.25, 0.3) is 11.0 Å². The van der Waals surface area contributed by atoms with Crippen molar-refractivity contribution in [1.82, 2.24) is 34.5 Å². The van der Waals surface area contributed by atoms with Crippen LogP contribution in [0, 0.1) is 18.8 Å². The van der Waals surface area contributed by atoms with Gasteiger partial charge in [0, 0.05) is 37.3 Å². The van der Waals surface area contributed by atoms with Crippen LogP contribution < -0.4 is 10.5 Å². The predicted octanol–water partition coefficient (Wildman–Crippen LogP) is 1.77. The Kier molecular flexibility index (Phi) is 3.95. The summed E-state index contributed by atoms with van der Waals surface area (Å²) in [5, 5.41) is 9.66. The molecule has 1 aliphatic heterocycles. The highest BCUT2D eigenvalue weighted by Crippen LogP contribution is 2.57. The van der Waals surface area contributed by atoms with Crippen LogP contribution in [0.3, 0.4) is 0 Å². The standard InChI is InChI=1S/C20H19ClN8O2/c1-10-16-19(27(2)25-10)23-9-29(20(16)30)8-15-24-18(26-31-15)17-12-6-28(7-13(12)17)14-5-11(21)3-4-22-14/h3-5,9,12-13,17H,6-8H2,1-2H3/t12-,13+,17+. The quantitative estimate of drug-likeness (QED) is 0.474. The maximum Gasteiger partial charge on any atom is 0.265 e. The first-order valence-electron chi connectivity index (χ1n) is 10.1. The van der Waals surface area contributed by atoms with E-state index in [1.807, 2.05) is 6.07 Å². The fourth-order valence-corrected chi connectivity index (χ4v) is 4.91. The van der Waals surface area contributed by atoms with Crippen LogP contribution in [-0.2, 0) is 13.6 Å². The van der Waals surface area contributed by atoms with Gasteiger partial charge in [0.05, 0.1) is 5.69 Å². The third-order valence-corrected chi connectivity index (χ3v) is 6.53. The Morgan fingerprint density at radius 3 is 2.84 bits per heavy atom. The van der Waals surface area contributed by atoms with Crippen LogP contribution in [-0.4, -0.2) is 47.5 Å². The molecule has 158 valence electrons. The summed E-state index contributed by atoms with van der Waals surface area (Å²) in [5.74, 6) is 3.25. The van der Waals surface area contributed by atoms with Crippen molar-refractivity contribution in [3.63, 3.8) is 0 Å². The summed E-state index contributed by atoms with van der Waals surface area (Å²) in [6.45, 7) is 3.78. The number of aromatic nitrogens is 7. The van der Waals surface area contributed by atoms with Crippen LogP contribution in [0.15, 0.2) is 34.0 Å². The third kappa shape index (κ3) is 2.93. The lowest BCUT2D eigenvalue weighted by Crippen LogP contribution is -2.24. The molecular formula is C20H19ClN8O2. The van der Waals surface area contributed by atoms with Crippen LogP contribution in [0.4, 0.5) is 5.82 Å². The highest BCUT2D eigenvalue weighted by atomic mass is 35.5. The second-order valence-electron chi connectivity index (χ2n) is 8.22. The molecule has 0 spiro atoms. The molecule has 1 saturated heterocycles. The fourth-order valence-electron chi connectivity index (χ4n) is 4.75. The number of pyridine rings is 1. The molecular weight excluding hydrogens is 420 g/mol. The zero-order valence-electron chi connectivity index (χ0n) is 16.9. The first-order chi connectivity index (χ1) is 15.0. The number of halogens is 1. The van der Waals surface area contributed by atoms with E-state index < -0.39 is 0 Å². The van der Waals surface area contributed by atoms with Gasteiger partial charge in [-0.2, -0.15) is 10.1 Å². The monoisotopic (exact) mass is 438 g/mol. The molecule has 0 unspecified atom stereocenters. The molecule has 1 saturated carbocycles. The summed E-state index contributed by atoms with van der Waals surface area (Å²) in [6.07, 6.45) is 3.23. The van der Waals surface area contributed by atoms with Crippen LogP contribution >= 0.6 is 11.6 Å². The molecule has 2 aliphatic rings. The van der Waals surface area contributed by atoms with E-state index in [-0.39, 0.29) is 18.0 Å². The third-order valence-electron chi connectivity index (χ3n) is 6.30. The van der Waals surface area contributed by atoms with Crippen molar-refractivity contribution in [1.29, 1.82) is 0 Å². The molecule has 0 bridgehead atoms. The maximum absolute atomic E-state index is 12.8. The first-order valence-corrected chi connectivity index (χ1v) is 10.4. The molecule has 0 aromatic carbocycles. The van der Waals surface area contributed by atoms with Crippen molar-refractivity contribution < 1.29 is 4.52 Å². The first kappa shape index (κ1) is 18.5. The molecule has 11 heteroatoms. The van der Waals surface area contributed by atoms with Crippen molar-refractivity contribution in [3.8, 4) is 0 Å². The SMILES string of the molecule is Cc1nn(C)c2ncn(Cc3nc([C@H]4[C@@H]5CN(c6cc(Cl)ccn6)C[C@@H]54)no3)c(=O)c12. The smallest absolute Gasteiger partial charge is 0.265 e. The topological polar surface area (TPSA) is 108 Å². The van der Waals surface area contributed by atoms with Gasteiger partial charge in [0.25, 0.3) is 5.56 Å². The number of hydrogen-bond acceptors (Lipinski definition) is 8. The lowest BCUT2D eigenvalue weighted by molar-refractivity contribution is 0.363. The predicted molar refractivity (Wildman–Crippen MR) is 112 cm³/mol. The normalized spacial score (nSPS) is 22.3. The van der Waals surface area contributed by atoms with Gasteiger partial charge in [-0.25, -0.2) is 14.6 Å². The molecule has 31 heavy (non-hydrogen) atoms. The largest absolute Gasteiger partial charge is 0.356 e. The van der Waals surface area contributed by atoms with E-state index in [9.17, 15) is 4.79 Å². The maximum atomic E-state index is 12.8. The number of hydrogen-bond donors (Lipinski definition) is 0. The molecule has 0 radical (unpaired) electrons. The van der Waals surface area contributed by atoms with Crippen molar-refractivity contribution in [3.05, 3.63) is 57.4 Å². The lowest BCUT2D eigenvalue weighted by atomic mass is 10.2. The van der Waals surface area contributed by atoms with Gasteiger partial charge in [-0.15, -0.1) is 0 Å². The van der Waals surface area contributed by atoms with Gasteiger partial charge >= 0.3 is 0 Å². The van der Waals surface area contributed by atoms with Gasteiger partial charge in [0.1, 0.15) is 24.1 Å². The molecule has 3 atom stereocenters. The average Bonchev–Trinajstić information content (AvgIpc) is 3.12. The van der Waals surface area contributed by atoms with Crippen molar-refractivity contribution in [2.75, 3.05) is 18.0 Å². The second kappa shape index (κ2) is 6.61. The fraction of sp³-hybridized carbons (Fsp3) is 0.400. The molecule has 0 amide bonds. The highest BCUT2D eigenvalue weighted by Gasteiger charge is 2.58. The van der Waals surface area contributed by atoms with Crippen molar-refractivity contribution in [2.24, 2.45) is 18.9 Å². The zero-order chi connectivity index (χ0) is 21.3. The van der Waals surface area contributed by atoms with Gasteiger partial charge in [0.15, 0.2) is 11.5 Å². The van der Waals surface area contributed by atoms with Crippen LogP contribution in [0.2, 0.25) is 5.02 Å². The average molecular weight is 439 g/mol. The Balaban J connectivity index is 1.18. The minimum atomic E-state index is -0.164. The summed E-state index contributed by atoms with van der Waals surface area (Å²) in [5.41, 5.74) is 1.05. The van der Waals surface area contributed by atoms with E-state index in [1.165, 1.54) is 10.9 Å². The summed E-state index contributed by atoms with van der Waals surface area (Å²) < 4.78 is 8.54. The minimum absolute atomic E-state index is 0.164. The Bertz CT molecular complexity index is 1360. The minimum Gasteiger partial charge on any atom is -0.356 e. The van der Waals surface area contributed by atoms with Gasteiger partial charge in [-0.05, 0) is 30.9 Å². The van der Waals surface area contributed by atoms with E-state index in [1.54, 1.807) is 30.9 Å². The number of aryl methyl sites for hydroxylation is 2. The van der Waals surface area contributed by atoms with Crippen molar-refractivity contribution >= 4 is 28.5 Å².